The third kappa shape index (κ3) is 4.30. The van der Waals surface area contributed by atoms with Gasteiger partial charge in [-0.05, 0) is 49.1 Å². The molecule has 6 nitrogen and oxygen atoms in total. The van der Waals surface area contributed by atoms with Crippen LogP contribution in [-0.4, -0.2) is 30.5 Å². The van der Waals surface area contributed by atoms with E-state index in [0.29, 0.717) is 24.1 Å². The van der Waals surface area contributed by atoms with Gasteiger partial charge in [0.1, 0.15) is 17.8 Å². The minimum Gasteiger partial charge on any atom is -0.493 e. The van der Waals surface area contributed by atoms with E-state index < -0.39 is 0 Å². The topological polar surface area (TPSA) is 62.8 Å². The number of ether oxygens (including phenoxy) is 2. The molecule has 0 saturated carbocycles. The third-order valence-electron chi connectivity index (χ3n) is 6.35. The molecule has 3 heterocycles. The maximum Gasteiger partial charge on any atom is 0.256 e. The summed E-state index contributed by atoms with van der Waals surface area (Å²) < 4.78 is 11.6. The number of fused-ring (bicyclic) bond motifs is 3. The Bertz CT molecular complexity index is 1160. The van der Waals surface area contributed by atoms with Crippen molar-refractivity contribution in [3.05, 3.63) is 75.7 Å². The summed E-state index contributed by atoms with van der Waals surface area (Å²) in [5, 5.41) is 7.64. The Labute approximate surface area is 198 Å². The van der Waals surface area contributed by atoms with Crippen LogP contribution in [-0.2, 0) is 19.6 Å². The van der Waals surface area contributed by atoms with E-state index in [2.05, 4.69) is 29.4 Å². The fourth-order valence-electron chi connectivity index (χ4n) is 4.46. The van der Waals surface area contributed by atoms with Gasteiger partial charge in [0, 0.05) is 24.0 Å². The van der Waals surface area contributed by atoms with Crippen LogP contribution in [0.5, 0.6) is 11.5 Å². The quantitative estimate of drug-likeness (QED) is 0.541. The van der Waals surface area contributed by atoms with Crippen LogP contribution in [0.2, 0.25) is 0 Å². The van der Waals surface area contributed by atoms with Crippen LogP contribution in [0.3, 0.4) is 0 Å². The van der Waals surface area contributed by atoms with Crippen molar-refractivity contribution in [2.45, 2.75) is 45.6 Å². The van der Waals surface area contributed by atoms with Crippen LogP contribution < -0.4 is 20.1 Å². The van der Waals surface area contributed by atoms with Gasteiger partial charge >= 0.3 is 0 Å². The second kappa shape index (κ2) is 9.08. The van der Waals surface area contributed by atoms with E-state index >= 15 is 0 Å². The van der Waals surface area contributed by atoms with Crippen molar-refractivity contribution in [2.24, 2.45) is 0 Å². The van der Waals surface area contributed by atoms with Crippen LogP contribution in [0.15, 0.2) is 48.5 Å². The molecule has 0 spiro atoms. The third-order valence-corrected chi connectivity index (χ3v) is 7.50. The van der Waals surface area contributed by atoms with Gasteiger partial charge in [-0.3, -0.25) is 9.69 Å². The molecule has 1 aromatic heterocycles. The average molecular weight is 464 g/mol. The molecule has 1 amide bonds. The lowest BCUT2D eigenvalue weighted by Gasteiger charge is -2.31. The Morgan fingerprint density at radius 1 is 1.12 bits per heavy atom. The largest absolute Gasteiger partial charge is 0.493 e. The molecular weight excluding hydrogens is 434 g/mol. The predicted octanol–water partition coefficient (Wildman–Crippen LogP) is 4.96. The minimum absolute atomic E-state index is 0.00684. The SMILES string of the molecule is COc1cc([C@@H]2NC(=O)c3c(sc4c3CCN(C(C)C)C4)N2)ccc1OCc1ccccc1. The predicted molar refractivity (Wildman–Crippen MR) is 131 cm³/mol. The number of nitrogens with zero attached hydrogens (tertiary/aromatic N) is 1. The number of amides is 1. The van der Waals surface area contributed by atoms with Crippen molar-refractivity contribution < 1.29 is 14.3 Å². The van der Waals surface area contributed by atoms with Gasteiger partial charge in [0.2, 0.25) is 0 Å². The first-order chi connectivity index (χ1) is 16.0. The summed E-state index contributed by atoms with van der Waals surface area (Å²) in [6.07, 6.45) is 0.601. The maximum absolute atomic E-state index is 13.1. The zero-order valence-electron chi connectivity index (χ0n) is 19.2. The van der Waals surface area contributed by atoms with E-state index in [1.807, 2.05) is 48.5 Å². The molecule has 172 valence electrons. The van der Waals surface area contributed by atoms with Crippen LogP contribution in [0, 0.1) is 0 Å². The molecular formula is C26H29N3O3S. The van der Waals surface area contributed by atoms with E-state index in [0.717, 1.165) is 41.2 Å². The molecule has 1 atom stereocenters. The highest BCUT2D eigenvalue weighted by molar-refractivity contribution is 7.16. The molecule has 0 aliphatic carbocycles. The molecule has 7 heteroatoms. The monoisotopic (exact) mass is 463 g/mol. The lowest BCUT2D eigenvalue weighted by molar-refractivity contribution is 0.0934. The molecule has 33 heavy (non-hydrogen) atoms. The summed E-state index contributed by atoms with van der Waals surface area (Å²) >= 11 is 1.71. The lowest BCUT2D eigenvalue weighted by atomic mass is 9.99. The van der Waals surface area contributed by atoms with Gasteiger partial charge < -0.3 is 20.1 Å². The van der Waals surface area contributed by atoms with Gasteiger partial charge in [-0.15, -0.1) is 11.3 Å². The molecule has 2 N–H and O–H groups in total. The number of nitrogens with one attached hydrogen (secondary N) is 2. The first-order valence-corrected chi connectivity index (χ1v) is 12.2. The second-order valence-electron chi connectivity index (χ2n) is 8.76. The number of hydrogen-bond acceptors (Lipinski definition) is 6. The van der Waals surface area contributed by atoms with Gasteiger partial charge in [-0.2, -0.15) is 0 Å². The zero-order chi connectivity index (χ0) is 22.9. The highest BCUT2D eigenvalue weighted by atomic mass is 32.1. The van der Waals surface area contributed by atoms with Crippen molar-refractivity contribution in [1.29, 1.82) is 0 Å². The Balaban J connectivity index is 1.35. The summed E-state index contributed by atoms with van der Waals surface area (Å²) in [7, 11) is 1.63. The van der Waals surface area contributed by atoms with E-state index in [4.69, 9.17) is 9.47 Å². The number of thiophene rings is 1. The summed E-state index contributed by atoms with van der Waals surface area (Å²) in [6.45, 7) is 6.81. The summed E-state index contributed by atoms with van der Waals surface area (Å²) in [5.74, 6) is 1.31. The molecule has 0 unspecified atom stereocenters. The Hall–Kier alpha value is -3.03. The van der Waals surface area contributed by atoms with Crippen molar-refractivity contribution in [1.82, 2.24) is 10.2 Å². The van der Waals surface area contributed by atoms with Crippen molar-refractivity contribution in [3.63, 3.8) is 0 Å². The van der Waals surface area contributed by atoms with E-state index in [1.165, 1.54) is 10.4 Å². The number of rotatable bonds is 6. The molecule has 0 radical (unpaired) electrons. The van der Waals surface area contributed by atoms with Crippen LogP contribution in [0.1, 0.15) is 51.9 Å². The van der Waals surface area contributed by atoms with Crippen LogP contribution >= 0.6 is 11.3 Å². The van der Waals surface area contributed by atoms with Crippen molar-refractivity contribution in [3.8, 4) is 11.5 Å². The zero-order valence-corrected chi connectivity index (χ0v) is 20.0. The fraction of sp³-hybridized carbons (Fsp3) is 0.346. The number of hydrogen-bond donors (Lipinski definition) is 2. The van der Waals surface area contributed by atoms with E-state index in [9.17, 15) is 4.79 Å². The van der Waals surface area contributed by atoms with Gasteiger partial charge in [-0.25, -0.2) is 0 Å². The van der Waals surface area contributed by atoms with Gasteiger partial charge in [0.25, 0.3) is 5.91 Å². The van der Waals surface area contributed by atoms with Gasteiger partial charge in [-0.1, -0.05) is 36.4 Å². The number of carbonyl (C=O) groups excluding carboxylic acids is 1. The smallest absolute Gasteiger partial charge is 0.256 e. The Kier molecular flexibility index (Phi) is 6.00. The Morgan fingerprint density at radius 3 is 2.70 bits per heavy atom. The number of benzene rings is 2. The highest BCUT2D eigenvalue weighted by Gasteiger charge is 2.34. The van der Waals surface area contributed by atoms with Crippen molar-refractivity contribution >= 4 is 22.2 Å². The summed E-state index contributed by atoms with van der Waals surface area (Å²) in [5.41, 5.74) is 4.05. The van der Waals surface area contributed by atoms with E-state index in [1.54, 1.807) is 18.4 Å². The summed E-state index contributed by atoms with van der Waals surface area (Å²) in [4.78, 5) is 16.8. The second-order valence-corrected chi connectivity index (χ2v) is 9.86. The van der Waals surface area contributed by atoms with Crippen LogP contribution in [0.4, 0.5) is 5.00 Å². The molecule has 0 fully saturated rings. The van der Waals surface area contributed by atoms with Crippen LogP contribution in [0.25, 0.3) is 0 Å². The lowest BCUT2D eigenvalue weighted by Crippen LogP contribution is -2.39. The molecule has 2 aliphatic rings. The van der Waals surface area contributed by atoms with Gasteiger partial charge in [0.15, 0.2) is 11.5 Å². The first-order valence-electron chi connectivity index (χ1n) is 11.3. The average Bonchev–Trinajstić information content (AvgIpc) is 3.21. The minimum atomic E-state index is -0.316. The summed E-state index contributed by atoms with van der Waals surface area (Å²) in [6, 6.07) is 16.3. The first kappa shape index (κ1) is 21.8. The molecule has 0 bridgehead atoms. The van der Waals surface area contributed by atoms with Crippen molar-refractivity contribution in [2.75, 3.05) is 19.0 Å². The number of methoxy groups -OCH3 is 1. The standard InChI is InChI=1S/C26H29N3O3S/c1-16(2)29-12-11-19-22(14-29)33-26-23(19)25(30)27-24(28-26)18-9-10-20(21(13-18)31-3)32-15-17-7-5-4-6-8-17/h4-10,13,16,24,28H,11-12,14-15H2,1-3H3,(H,27,30)/t24-/m1/s1. The maximum atomic E-state index is 13.1. The normalized spacial score (nSPS) is 17.7. The van der Waals surface area contributed by atoms with E-state index in [-0.39, 0.29) is 12.1 Å². The molecule has 0 saturated heterocycles. The molecule has 2 aliphatic heterocycles. The number of anilines is 1. The fourth-order valence-corrected chi connectivity index (χ4v) is 5.76. The molecule has 5 rings (SSSR count). The number of carbonyl (C=O) groups is 1. The highest BCUT2D eigenvalue weighted by Crippen LogP contribution is 2.41. The van der Waals surface area contributed by atoms with Gasteiger partial charge in [0.05, 0.1) is 12.7 Å². The Morgan fingerprint density at radius 2 is 1.94 bits per heavy atom. The molecule has 3 aromatic rings. The molecule has 2 aromatic carbocycles.